The minimum atomic E-state index is -0.357. The number of benzene rings is 1. The summed E-state index contributed by atoms with van der Waals surface area (Å²) >= 11 is 0. The Morgan fingerprint density at radius 3 is 2.58 bits per heavy atom. The Balaban J connectivity index is 0.000000720. The molecule has 0 amide bonds. The number of aryl methyl sites for hydroxylation is 1. The quantitative estimate of drug-likeness (QED) is 0.426. The molecule has 1 aromatic carbocycles. The Kier molecular flexibility index (Phi) is 4.44. The van der Waals surface area contributed by atoms with Crippen molar-refractivity contribution < 1.29 is 56.5 Å². The van der Waals surface area contributed by atoms with Crippen LogP contribution in [0.5, 0.6) is 0 Å². The number of hydrogen-bond donors (Lipinski definition) is 0. The van der Waals surface area contributed by atoms with Crippen LogP contribution in [0, 0.1) is 0 Å². The van der Waals surface area contributed by atoms with Crippen LogP contribution in [-0.4, -0.2) is 6.10 Å². The van der Waals surface area contributed by atoms with Crippen molar-refractivity contribution in [1.82, 2.24) is 0 Å². The second kappa shape index (κ2) is 4.89. The zero-order valence-electron chi connectivity index (χ0n) is 7.42. The average molecular weight is 186 g/mol. The van der Waals surface area contributed by atoms with Crippen LogP contribution in [0.15, 0.2) is 24.3 Å². The number of hydrogen-bond acceptors (Lipinski definition) is 1. The van der Waals surface area contributed by atoms with Gasteiger partial charge in [-0.05, 0) is 24.0 Å². The Hall–Kier alpha value is 0.816. The molecule has 0 saturated carbocycles. The molecule has 0 radical (unpaired) electrons. The van der Waals surface area contributed by atoms with Gasteiger partial charge in [-0.25, -0.2) is 0 Å². The molecule has 0 spiro atoms. The second-order valence-electron chi connectivity index (χ2n) is 3.13. The van der Waals surface area contributed by atoms with Gasteiger partial charge in [0.05, 0.1) is 0 Å². The smallest absolute Gasteiger partial charge is 0.852 e. The zero-order valence-corrected chi connectivity index (χ0v) is 10.5. The first kappa shape index (κ1) is 10.9. The first-order valence-corrected chi connectivity index (χ1v) is 4.09. The summed E-state index contributed by atoms with van der Waals surface area (Å²) in [4.78, 5) is 0. The van der Waals surface area contributed by atoms with Crippen molar-refractivity contribution in [3.8, 4) is 0 Å². The molecule has 1 aromatic rings. The van der Waals surface area contributed by atoms with E-state index in [1.807, 2.05) is 12.1 Å². The monoisotopic (exact) mass is 186 g/mol. The van der Waals surface area contributed by atoms with E-state index in [2.05, 4.69) is 12.1 Å². The third kappa shape index (κ3) is 2.41. The van der Waals surface area contributed by atoms with Gasteiger partial charge < -0.3 is 5.11 Å². The van der Waals surface area contributed by atoms with Crippen molar-refractivity contribution >= 4 is 0 Å². The van der Waals surface area contributed by atoms with Crippen LogP contribution in [-0.2, 0) is 12.8 Å². The van der Waals surface area contributed by atoms with Gasteiger partial charge in [0.15, 0.2) is 0 Å². The topological polar surface area (TPSA) is 23.1 Å². The SMILES string of the molecule is [K+].[O-]C1CCc2ccccc2C1. The fourth-order valence-corrected chi connectivity index (χ4v) is 1.66. The van der Waals surface area contributed by atoms with Crippen molar-refractivity contribution in [1.29, 1.82) is 0 Å². The van der Waals surface area contributed by atoms with E-state index in [4.69, 9.17) is 0 Å². The molecule has 0 aromatic heterocycles. The van der Waals surface area contributed by atoms with Gasteiger partial charge in [-0.3, -0.25) is 0 Å². The van der Waals surface area contributed by atoms with Gasteiger partial charge in [0, 0.05) is 0 Å². The minimum Gasteiger partial charge on any atom is -0.852 e. The Morgan fingerprint density at radius 1 is 1.17 bits per heavy atom. The standard InChI is InChI=1S/C10H11O.K/c11-10-6-5-8-3-1-2-4-9(8)7-10;/h1-4,10H,5-7H2;/q-1;+1. The van der Waals surface area contributed by atoms with Gasteiger partial charge in [-0.2, -0.15) is 0 Å². The fraction of sp³-hybridized carbons (Fsp3) is 0.400. The van der Waals surface area contributed by atoms with Crippen molar-refractivity contribution in [3.63, 3.8) is 0 Å². The third-order valence-electron chi connectivity index (χ3n) is 2.30. The van der Waals surface area contributed by atoms with Gasteiger partial charge >= 0.3 is 51.4 Å². The molecular formula is C10H11KO. The van der Waals surface area contributed by atoms with Gasteiger partial charge in [-0.1, -0.05) is 30.7 Å². The summed E-state index contributed by atoms with van der Waals surface area (Å²) in [5.74, 6) is 0. The average Bonchev–Trinajstić information content (AvgIpc) is 2.04. The molecule has 1 atom stereocenters. The van der Waals surface area contributed by atoms with Crippen molar-refractivity contribution in [2.24, 2.45) is 0 Å². The largest absolute Gasteiger partial charge is 1.00 e. The fourth-order valence-electron chi connectivity index (χ4n) is 1.66. The van der Waals surface area contributed by atoms with E-state index in [0.29, 0.717) is 0 Å². The number of rotatable bonds is 0. The summed E-state index contributed by atoms with van der Waals surface area (Å²) in [6.07, 6.45) is 2.17. The van der Waals surface area contributed by atoms with Crippen LogP contribution >= 0.6 is 0 Å². The van der Waals surface area contributed by atoms with Crippen molar-refractivity contribution in [3.05, 3.63) is 35.4 Å². The Bertz CT molecular complexity index is 260. The first-order chi connectivity index (χ1) is 5.36. The molecule has 12 heavy (non-hydrogen) atoms. The van der Waals surface area contributed by atoms with Crippen LogP contribution in [0.4, 0.5) is 0 Å². The molecule has 1 aliphatic carbocycles. The molecule has 0 saturated heterocycles. The van der Waals surface area contributed by atoms with E-state index >= 15 is 0 Å². The summed E-state index contributed by atoms with van der Waals surface area (Å²) in [5.41, 5.74) is 2.64. The maximum Gasteiger partial charge on any atom is 1.00 e. The molecule has 0 bridgehead atoms. The van der Waals surface area contributed by atoms with E-state index in [9.17, 15) is 5.11 Å². The van der Waals surface area contributed by atoms with Crippen molar-refractivity contribution in [2.75, 3.05) is 0 Å². The van der Waals surface area contributed by atoms with Crippen LogP contribution in [0.1, 0.15) is 17.5 Å². The second-order valence-corrected chi connectivity index (χ2v) is 3.13. The first-order valence-electron chi connectivity index (χ1n) is 4.09. The summed E-state index contributed by atoms with van der Waals surface area (Å²) in [6, 6.07) is 8.25. The molecule has 0 N–H and O–H groups in total. The summed E-state index contributed by atoms with van der Waals surface area (Å²) in [6.45, 7) is 0. The van der Waals surface area contributed by atoms with E-state index in [1.54, 1.807) is 0 Å². The molecule has 58 valence electrons. The zero-order chi connectivity index (χ0) is 7.68. The molecule has 0 heterocycles. The summed E-state index contributed by atoms with van der Waals surface area (Å²) < 4.78 is 0. The number of fused-ring (bicyclic) bond motifs is 1. The van der Waals surface area contributed by atoms with Gasteiger partial charge in [-0.15, -0.1) is 6.10 Å². The van der Waals surface area contributed by atoms with Gasteiger partial charge in [0.25, 0.3) is 0 Å². The normalized spacial score (nSPS) is 20.9. The molecule has 1 nitrogen and oxygen atoms in total. The van der Waals surface area contributed by atoms with E-state index in [-0.39, 0.29) is 57.5 Å². The summed E-state index contributed by atoms with van der Waals surface area (Å²) in [7, 11) is 0. The van der Waals surface area contributed by atoms with Crippen LogP contribution < -0.4 is 56.5 Å². The summed E-state index contributed by atoms with van der Waals surface area (Å²) in [5, 5.41) is 11.1. The predicted octanol–water partition coefficient (Wildman–Crippen LogP) is -2.09. The molecule has 2 rings (SSSR count). The van der Waals surface area contributed by atoms with Gasteiger partial charge in [0.1, 0.15) is 0 Å². The molecular weight excluding hydrogens is 175 g/mol. The van der Waals surface area contributed by atoms with Crippen LogP contribution in [0.25, 0.3) is 0 Å². The van der Waals surface area contributed by atoms with Crippen LogP contribution in [0.3, 0.4) is 0 Å². The maximum atomic E-state index is 11.1. The minimum absolute atomic E-state index is 0. The van der Waals surface area contributed by atoms with Crippen LogP contribution in [0.2, 0.25) is 0 Å². The third-order valence-corrected chi connectivity index (χ3v) is 2.30. The molecule has 1 aliphatic rings. The molecule has 0 fully saturated rings. The van der Waals surface area contributed by atoms with Crippen molar-refractivity contribution in [2.45, 2.75) is 25.4 Å². The molecule has 2 heteroatoms. The molecule has 1 unspecified atom stereocenters. The maximum absolute atomic E-state index is 11.1. The Labute approximate surface area is 116 Å². The van der Waals surface area contributed by atoms with E-state index in [0.717, 1.165) is 19.3 Å². The van der Waals surface area contributed by atoms with E-state index < -0.39 is 0 Å². The van der Waals surface area contributed by atoms with Gasteiger partial charge in [0.2, 0.25) is 0 Å². The van der Waals surface area contributed by atoms with E-state index in [1.165, 1.54) is 11.1 Å². The Morgan fingerprint density at radius 2 is 1.83 bits per heavy atom. The molecule has 0 aliphatic heterocycles. The predicted molar refractivity (Wildman–Crippen MR) is 42.3 cm³/mol.